The van der Waals surface area contributed by atoms with Crippen LogP contribution in [0.2, 0.25) is 0 Å². The standard InChI is InChI=1S/C58H88N2O38.2ClH/c61-13-21-45-29(69)37(77)53(85-21)91-43-19(11-59-7-3-1-4-8-59)84-52(36(76)28(43)68)94-46-22(14-62)87-55(39(79)31(46)71)96-48-24(16-64)89-57(41(81)33(48)73)98-50-26(18-66)90-58(42(82)34(50)74)97-49-25(17-65)88-56(40(80)32(49)72)95-47-23(15-63)86-54(38(78)30(47)70)92-44-20(12-60-9-5-2-6-10-60)83-51(93-45)35(75)27(44)67;;/h1-10,19-58,61-82H,11-18H2;2*1H/q+2;;/p-2/t19-,20-,21-,22-,23+,24-,25-,26-,27-,28+,29-,30-,31+,32-,33-,34-,35-,36+,37-,38-,39+,40-,41-,42-,43-,44-,45-,46-,47-,48-,49-,50-,51-,52-,53-,54-,55-,56-,57-,58-;;/m1../s1. The Labute approximate surface area is 579 Å². The maximum Gasteiger partial charge on any atom is 0.187 e. The summed E-state index contributed by atoms with van der Waals surface area (Å²) in [7, 11) is 0. The zero-order valence-electron chi connectivity index (χ0n) is 52.5. The van der Waals surface area contributed by atoms with Gasteiger partial charge in [0.2, 0.25) is 0 Å². The molecule has 30 fully saturated rings. The van der Waals surface area contributed by atoms with E-state index in [2.05, 4.69) is 0 Å². The van der Waals surface area contributed by atoms with Crippen molar-refractivity contribution >= 4 is 0 Å². The number of halogens is 2. The van der Waals surface area contributed by atoms with E-state index in [1.54, 1.807) is 61.2 Å². The van der Waals surface area contributed by atoms with Crippen LogP contribution in [0.5, 0.6) is 0 Å². The van der Waals surface area contributed by atoms with E-state index in [0.717, 1.165) is 0 Å². The van der Waals surface area contributed by atoms with Crippen molar-refractivity contribution in [1.82, 2.24) is 0 Å². The van der Waals surface area contributed by atoms with E-state index >= 15 is 0 Å². The maximum absolute atomic E-state index is 11.9. The Balaban J connectivity index is 0.00000583. The lowest BCUT2D eigenvalue weighted by molar-refractivity contribution is -0.707. The van der Waals surface area contributed by atoms with Gasteiger partial charge in [-0.05, 0) is 0 Å². The summed E-state index contributed by atoms with van der Waals surface area (Å²) in [6.45, 7) is -6.85. The predicted octanol–water partition coefficient (Wildman–Crippen LogP) is -21.4. The quantitative estimate of drug-likeness (QED) is 0.0982. The van der Waals surface area contributed by atoms with Gasteiger partial charge in [0.25, 0.3) is 0 Å². The Hall–Kier alpha value is -2.64. The summed E-state index contributed by atoms with van der Waals surface area (Å²) >= 11 is 0. The number of hydrogen-bond acceptors (Lipinski definition) is 38. The fourth-order valence-corrected chi connectivity index (χ4v) is 13.4. The van der Waals surface area contributed by atoms with Gasteiger partial charge < -0.3 is 213 Å². The predicted molar refractivity (Wildman–Crippen MR) is 300 cm³/mol. The minimum absolute atomic E-state index is 0. The van der Waals surface area contributed by atoms with Crippen LogP contribution in [0.4, 0.5) is 0 Å². The van der Waals surface area contributed by atoms with E-state index in [0.29, 0.717) is 0 Å². The molecule has 2 aromatic heterocycles. The van der Waals surface area contributed by atoms with Gasteiger partial charge in [-0.2, -0.15) is 0 Å². The molecule has 40 nitrogen and oxygen atoms in total. The van der Waals surface area contributed by atoms with Crippen molar-refractivity contribution in [3.8, 4) is 0 Å². The molecular weight excluding hydrogens is 1400 g/mol. The molecule has 32 heterocycles. The first-order valence-corrected chi connectivity index (χ1v) is 31.8. The highest BCUT2D eigenvalue weighted by molar-refractivity contribution is 5.03. The number of rotatable bonds is 10. The molecule has 0 spiro atoms. The molecule has 30 aliphatic heterocycles. The highest BCUT2D eigenvalue weighted by Crippen LogP contribution is 2.40. The maximum atomic E-state index is 11.9. The molecule has 0 radical (unpaired) electrons. The molecule has 0 saturated carbocycles. The monoisotopic (exact) mass is 1490 g/mol. The summed E-state index contributed by atoms with van der Waals surface area (Å²) in [5.74, 6) is 0. The van der Waals surface area contributed by atoms with Gasteiger partial charge >= 0.3 is 0 Å². The molecule has 40 atom stereocenters. The summed E-state index contributed by atoms with van der Waals surface area (Å²) in [6.07, 6.45) is -73.5. The topological polar surface area (TPSA) is 601 Å². The van der Waals surface area contributed by atoms with Crippen molar-refractivity contribution < 1.29 is 222 Å². The van der Waals surface area contributed by atoms with Gasteiger partial charge in [-0.15, -0.1) is 0 Å². The first-order valence-electron chi connectivity index (χ1n) is 31.8. The van der Waals surface area contributed by atoms with Gasteiger partial charge in [0, 0.05) is 24.3 Å². The lowest BCUT2D eigenvalue weighted by Gasteiger charge is -2.50. The zero-order chi connectivity index (χ0) is 70.3. The molecule has 572 valence electrons. The van der Waals surface area contributed by atoms with Gasteiger partial charge in [0.1, 0.15) is 195 Å². The molecule has 0 amide bonds. The lowest BCUT2D eigenvalue weighted by atomic mass is 9.94. The number of aliphatic hydroxyl groups is 22. The third-order valence-electron chi connectivity index (χ3n) is 18.9. The molecule has 0 aromatic carbocycles. The number of hydrogen-bond donors (Lipinski definition) is 22. The van der Waals surface area contributed by atoms with Crippen LogP contribution in [0, 0.1) is 0 Å². The number of nitrogens with zero attached hydrogens (tertiary/aromatic N) is 2. The van der Waals surface area contributed by atoms with E-state index in [9.17, 15) is 112 Å². The first kappa shape index (κ1) is 81.4. The summed E-state index contributed by atoms with van der Waals surface area (Å²) in [4.78, 5) is 0. The molecule has 30 aliphatic rings. The minimum atomic E-state index is -2.24. The van der Waals surface area contributed by atoms with Crippen molar-refractivity contribution in [3.63, 3.8) is 0 Å². The summed E-state index contributed by atoms with van der Waals surface area (Å²) in [6, 6.07) is 9.80. The molecule has 0 unspecified atom stereocenters. The molecule has 0 aliphatic carbocycles. The average molecular weight is 1490 g/mol. The SMILES string of the molecule is OC[C@@H]1O[C@@H]2O[C@H]3[C@H](O)[C@@H](O)[C@@H](O[C@H]4[C@H](O)[C@@H](O)[C@@H](O[C@H]5[C@@H](O)[C@H](O)[C@@H](O[C@H]6[C@@H](O)[C@H](O)[C@@H](O[C@H]7[C@H](O)[C@@H](O)[C@@H](O[C@H]8[C@H](O)[C@@H](O)[C@@H](O[C@H]9[C@H](O)[C@@H](O)[C@@H](O[C@H]1[C@H](O)[C@H]2O)O[C@@H]9CO)O[C@@H]8CO)O[C@@H]7CO)O[C@@H]6CO)O[C@@H]5C[n+]1ccccc1)O[C@@H]4CO)O[C@@H]3C[n+]1ccccc1.[Cl-].[Cl-]. The van der Waals surface area contributed by atoms with E-state index in [-0.39, 0.29) is 37.9 Å². The van der Waals surface area contributed by atoms with Gasteiger partial charge in [-0.25, -0.2) is 9.13 Å². The van der Waals surface area contributed by atoms with Gasteiger partial charge in [-0.3, -0.25) is 0 Å². The molecular formula is C58H88Cl2N2O38. The fourth-order valence-electron chi connectivity index (χ4n) is 13.4. The summed E-state index contributed by atoms with van der Waals surface area (Å²) < 4.78 is 97.8. The summed E-state index contributed by atoms with van der Waals surface area (Å²) in [5, 5.41) is 250. The van der Waals surface area contributed by atoms with E-state index < -0.39 is 285 Å². The molecule has 42 heteroatoms. The first-order chi connectivity index (χ1) is 46.9. The van der Waals surface area contributed by atoms with E-state index in [4.69, 9.17) is 75.8 Å². The van der Waals surface area contributed by atoms with E-state index in [1.165, 1.54) is 9.13 Å². The van der Waals surface area contributed by atoms with Crippen molar-refractivity contribution in [1.29, 1.82) is 0 Å². The Kier molecular flexibility index (Phi) is 28.8. The normalized spacial score (nSPS) is 49.8. The second kappa shape index (κ2) is 35.4. The molecule has 22 N–H and O–H groups in total. The smallest absolute Gasteiger partial charge is 0.187 e. The highest BCUT2D eigenvalue weighted by atomic mass is 35.5. The van der Waals surface area contributed by atoms with Gasteiger partial charge in [0.15, 0.2) is 88.2 Å². The third-order valence-corrected chi connectivity index (χ3v) is 18.9. The van der Waals surface area contributed by atoms with Crippen LogP contribution in [-0.2, 0) is 88.9 Å². The lowest BCUT2D eigenvalue weighted by Crippen LogP contribution is -3.00. The van der Waals surface area contributed by atoms with Crippen molar-refractivity contribution in [2.24, 2.45) is 0 Å². The highest BCUT2D eigenvalue weighted by Gasteiger charge is 2.61. The molecule has 16 bridgehead atoms. The largest absolute Gasteiger partial charge is 1.00 e. The minimum Gasteiger partial charge on any atom is -1.00 e. The molecule has 2 aromatic rings. The van der Waals surface area contributed by atoms with Crippen LogP contribution < -0.4 is 33.9 Å². The van der Waals surface area contributed by atoms with Crippen molar-refractivity contribution in [2.45, 2.75) is 259 Å². The molecule has 30 saturated heterocycles. The van der Waals surface area contributed by atoms with Gasteiger partial charge in [-0.1, -0.05) is 12.1 Å². The Morgan fingerprint density at radius 1 is 0.190 bits per heavy atom. The third kappa shape index (κ3) is 16.7. The zero-order valence-corrected chi connectivity index (χ0v) is 54.1. The van der Waals surface area contributed by atoms with E-state index in [1.807, 2.05) is 0 Å². The van der Waals surface area contributed by atoms with Gasteiger partial charge in [0.05, 0.1) is 39.6 Å². The second-order valence-corrected chi connectivity index (χ2v) is 25.2. The molecule has 32 rings (SSSR count). The number of pyridine rings is 2. The Morgan fingerprint density at radius 2 is 0.330 bits per heavy atom. The number of aromatic nitrogens is 2. The van der Waals surface area contributed by atoms with Crippen molar-refractivity contribution in [3.05, 3.63) is 61.2 Å². The van der Waals surface area contributed by atoms with Crippen LogP contribution >= 0.6 is 0 Å². The van der Waals surface area contributed by atoms with Crippen LogP contribution in [0.15, 0.2) is 61.2 Å². The number of ether oxygens (including phenoxy) is 16. The Bertz CT molecular complexity index is 2730. The van der Waals surface area contributed by atoms with Crippen LogP contribution in [0.25, 0.3) is 0 Å². The van der Waals surface area contributed by atoms with Crippen molar-refractivity contribution in [2.75, 3.05) is 39.6 Å². The second-order valence-electron chi connectivity index (χ2n) is 25.2. The summed E-state index contributed by atoms with van der Waals surface area (Å²) in [5.41, 5.74) is 0. The fraction of sp³-hybridized carbons (Fsp3) is 0.828. The van der Waals surface area contributed by atoms with Crippen LogP contribution in [-0.4, -0.2) is 398 Å². The average Bonchev–Trinajstić information content (AvgIpc) is 0.776. The Morgan fingerprint density at radius 3 is 0.480 bits per heavy atom. The number of aliphatic hydroxyl groups excluding tert-OH is 22. The van der Waals surface area contributed by atoms with Crippen LogP contribution in [0.3, 0.4) is 0 Å². The molecule has 100 heavy (non-hydrogen) atoms. The van der Waals surface area contributed by atoms with Crippen LogP contribution in [0.1, 0.15) is 0 Å².